The van der Waals surface area contributed by atoms with Gasteiger partial charge in [-0.05, 0) is 56.3 Å². The van der Waals surface area contributed by atoms with Crippen LogP contribution in [0.5, 0.6) is 0 Å². The fraction of sp³-hybridized carbons (Fsp3) is 0.462. The van der Waals surface area contributed by atoms with Gasteiger partial charge in [-0.15, -0.1) is 0 Å². The minimum absolute atomic E-state index is 0.0566. The Morgan fingerprint density at radius 3 is 2.31 bits per heavy atom. The largest absolute Gasteiger partial charge is 0.416 e. The molecule has 1 aliphatic heterocycles. The number of hydrogen-bond donors (Lipinski definition) is 1. The summed E-state index contributed by atoms with van der Waals surface area (Å²) in [7, 11) is 0. The lowest BCUT2D eigenvalue weighted by Crippen LogP contribution is -2.50. The van der Waals surface area contributed by atoms with Crippen LogP contribution in [0.3, 0.4) is 0 Å². The van der Waals surface area contributed by atoms with Crippen molar-refractivity contribution < 1.29 is 22.8 Å². The van der Waals surface area contributed by atoms with Crippen LogP contribution in [0.2, 0.25) is 5.02 Å². The lowest BCUT2D eigenvalue weighted by molar-refractivity contribution is -0.137. The van der Waals surface area contributed by atoms with Gasteiger partial charge in [-0.1, -0.05) is 50.6 Å². The number of carbonyl (C=O) groups is 2. The Morgan fingerprint density at radius 1 is 1.17 bits per heavy atom. The van der Waals surface area contributed by atoms with Gasteiger partial charge in [0.05, 0.1) is 16.9 Å². The number of halogens is 4. The van der Waals surface area contributed by atoms with E-state index >= 15 is 0 Å². The Labute approximate surface area is 209 Å². The van der Waals surface area contributed by atoms with E-state index in [-0.39, 0.29) is 29.7 Å². The molecule has 2 aromatic carbocycles. The minimum atomic E-state index is -4.61. The fourth-order valence-electron chi connectivity index (χ4n) is 4.84. The molecule has 190 valence electrons. The van der Waals surface area contributed by atoms with E-state index in [1.54, 1.807) is 11.8 Å². The van der Waals surface area contributed by atoms with E-state index in [1.165, 1.54) is 6.07 Å². The number of aryl methyl sites for hydroxylation is 2. The lowest BCUT2D eigenvalue weighted by atomic mass is 9.77. The SMILES string of the molecule is CCN(CC)C[C@@]1(C(=O)Nc2cc(Cl)cc(C(F)(F)F)c2)CN(c2c(C)cccc2C)C(=O)C1C. The molecule has 0 saturated carbocycles. The molecule has 1 N–H and O–H groups in total. The van der Waals surface area contributed by atoms with Crippen molar-refractivity contribution in [2.75, 3.05) is 36.4 Å². The summed E-state index contributed by atoms with van der Waals surface area (Å²) in [4.78, 5) is 31.1. The number of para-hydroxylation sites is 1. The second kappa shape index (κ2) is 10.2. The molecule has 0 radical (unpaired) electrons. The number of nitrogens with one attached hydrogen (secondary N) is 1. The van der Waals surface area contributed by atoms with E-state index in [2.05, 4.69) is 10.2 Å². The Bertz CT molecular complexity index is 1100. The standard InChI is InChI=1S/C26H31ClF3N3O2/c1-6-32(7-2)14-25(24(35)31-21-12-19(26(28,29)30)11-20(27)13-21)15-33(23(34)18(25)5)22-16(3)9-8-10-17(22)4/h8-13,18H,6-7,14-15H2,1-5H3,(H,31,35)/t18?,25-/m1/s1. The summed E-state index contributed by atoms with van der Waals surface area (Å²) in [5.41, 5.74) is 0.396. The molecule has 2 aromatic rings. The quantitative estimate of drug-likeness (QED) is 0.503. The Kier molecular flexibility index (Phi) is 7.86. The molecular weight excluding hydrogens is 479 g/mol. The van der Waals surface area contributed by atoms with Crippen LogP contribution in [0.1, 0.15) is 37.5 Å². The monoisotopic (exact) mass is 509 g/mol. The molecule has 3 rings (SSSR count). The predicted octanol–water partition coefficient (Wildman–Crippen LogP) is 5.93. The van der Waals surface area contributed by atoms with Crippen molar-refractivity contribution in [3.63, 3.8) is 0 Å². The van der Waals surface area contributed by atoms with Crippen LogP contribution >= 0.6 is 11.6 Å². The van der Waals surface area contributed by atoms with Crippen molar-refractivity contribution in [2.24, 2.45) is 11.3 Å². The molecule has 5 nitrogen and oxygen atoms in total. The molecular formula is C26H31ClF3N3O2. The van der Waals surface area contributed by atoms with Crippen molar-refractivity contribution in [3.8, 4) is 0 Å². The van der Waals surface area contributed by atoms with Crippen molar-refractivity contribution in [3.05, 3.63) is 58.1 Å². The maximum atomic E-state index is 13.8. The van der Waals surface area contributed by atoms with Crippen LogP contribution in [-0.2, 0) is 15.8 Å². The molecule has 0 aromatic heterocycles. The number of rotatable bonds is 7. The Morgan fingerprint density at radius 2 is 1.77 bits per heavy atom. The van der Waals surface area contributed by atoms with Crippen LogP contribution in [0.4, 0.5) is 24.5 Å². The van der Waals surface area contributed by atoms with Crippen molar-refractivity contribution in [1.29, 1.82) is 0 Å². The van der Waals surface area contributed by atoms with Crippen LogP contribution in [0.25, 0.3) is 0 Å². The lowest BCUT2D eigenvalue weighted by Gasteiger charge is -2.35. The number of nitrogens with zero attached hydrogens (tertiary/aromatic N) is 2. The first-order valence-electron chi connectivity index (χ1n) is 11.6. The van der Waals surface area contributed by atoms with E-state index in [9.17, 15) is 22.8 Å². The van der Waals surface area contributed by atoms with Gasteiger partial charge in [-0.3, -0.25) is 9.59 Å². The topological polar surface area (TPSA) is 52.7 Å². The first-order chi connectivity index (χ1) is 16.3. The van der Waals surface area contributed by atoms with Crippen molar-refractivity contribution in [2.45, 2.75) is 40.8 Å². The summed E-state index contributed by atoms with van der Waals surface area (Å²) in [6, 6.07) is 8.69. The van der Waals surface area contributed by atoms with Crippen LogP contribution in [0.15, 0.2) is 36.4 Å². The highest BCUT2D eigenvalue weighted by Crippen LogP contribution is 2.43. The van der Waals surface area contributed by atoms with Gasteiger partial charge in [0.15, 0.2) is 0 Å². The van der Waals surface area contributed by atoms with Gasteiger partial charge in [0.25, 0.3) is 0 Å². The normalized spacial score (nSPS) is 20.6. The predicted molar refractivity (Wildman–Crippen MR) is 133 cm³/mol. The van der Waals surface area contributed by atoms with Crippen molar-refractivity contribution >= 4 is 34.8 Å². The molecule has 0 bridgehead atoms. The molecule has 2 amide bonds. The summed E-state index contributed by atoms with van der Waals surface area (Å²) >= 11 is 5.93. The number of carbonyl (C=O) groups excluding carboxylic acids is 2. The zero-order valence-corrected chi connectivity index (χ0v) is 21.3. The van der Waals surface area contributed by atoms with Gasteiger partial charge in [-0.2, -0.15) is 13.2 Å². The molecule has 1 aliphatic rings. The highest BCUT2D eigenvalue weighted by molar-refractivity contribution is 6.31. The maximum Gasteiger partial charge on any atom is 0.416 e. The Balaban J connectivity index is 2.06. The van der Waals surface area contributed by atoms with Gasteiger partial charge in [0.1, 0.15) is 0 Å². The summed E-state index contributed by atoms with van der Waals surface area (Å²) in [6.07, 6.45) is -4.61. The zero-order chi connectivity index (χ0) is 26.1. The molecule has 35 heavy (non-hydrogen) atoms. The number of benzene rings is 2. The van der Waals surface area contributed by atoms with E-state index in [0.29, 0.717) is 13.1 Å². The fourth-order valence-corrected chi connectivity index (χ4v) is 5.08. The Hall–Kier alpha value is -2.58. The van der Waals surface area contributed by atoms with Gasteiger partial charge in [0, 0.05) is 29.5 Å². The average molecular weight is 510 g/mol. The molecule has 1 fully saturated rings. The van der Waals surface area contributed by atoms with Crippen LogP contribution in [-0.4, -0.2) is 42.9 Å². The first-order valence-corrected chi connectivity index (χ1v) is 12.0. The van der Waals surface area contributed by atoms with E-state index in [0.717, 1.165) is 28.9 Å². The molecule has 1 unspecified atom stereocenters. The summed E-state index contributed by atoms with van der Waals surface area (Å²) in [5, 5.41) is 2.52. The molecule has 0 aliphatic carbocycles. The summed E-state index contributed by atoms with van der Waals surface area (Å²) in [5.74, 6) is -1.38. The first kappa shape index (κ1) is 27.0. The van der Waals surface area contributed by atoms with Gasteiger partial charge >= 0.3 is 6.18 Å². The molecule has 2 atom stereocenters. The second-order valence-electron chi connectivity index (χ2n) is 9.18. The molecule has 1 saturated heterocycles. The van der Waals surface area contributed by atoms with E-state index < -0.39 is 29.0 Å². The number of amides is 2. The molecule has 9 heteroatoms. The van der Waals surface area contributed by atoms with Crippen molar-refractivity contribution in [1.82, 2.24) is 4.90 Å². The smallest absolute Gasteiger partial charge is 0.325 e. The zero-order valence-electron chi connectivity index (χ0n) is 20.6. The van der Waals surface area contributed by atoms with E-state index in [1.807, 2.05) is 45.9 Å². The summed E-state index contributed by atoms with van der Waals surface area (Å²) < 4.78 is 40.0. The van der Waals surface area contributed by atoms with Gasteiger partial charge < -0.3 is 15.1 Å². The third-order valence-electron chi connectivity index (χ3n) is 6.95. The highest BCUT2D eigenvalue weighted by atomic mass is 35.5. The average Bonchev–Trinajstić information content (AvgIpc) is 3.02. The van der Waals surface area contributed by atoms with Gasteiger partial charge in [-0.25, -0.2) is 0 Å². The van der Waals surface area contributed by atoms with E-state index in [4.69, 9.17) is 11.6 Å². The highest BCUT2D eigenvalue weighted by Gasteiger charge is 2.56. The third-order valence-corrected chi connectivity index (χ3v) is 7.17. The number of anilines is 2. The molecule has 1 heterocycles. The van der Waals surface area contributed by atoms with Crippen LogP contribution in [0, 0.1) is 25.2 Å². The molecule has 0 spiro atoms. The number of hydrogen-bond acceptors (Lipinski definition) is 3. The van der Waals surface area contributed by atoms with Crippen LogP contribution < -0.4 is 10.2 Å². The summed E-state index contributed by atoms with van der Waals surface area (Å²) in [6.45, 7) is 11.2. The second-order valence-corrected chi connectivity index (χ2v) is 9.62. The number of alkyl halides is 3. The van der Waals surface area contributed by atoms with Gasteiger partial charge in [0.2, 0.25) is 11.8 Å². The third kappa shape index (κ3) is 5.33. The minimum Gasteiger partial charge on any atom is -0.325 e. The maximum absolute atomic E-state index is 13.8.